The summed E-state index contributed by atoms with van der Waals surface area (Å²) in [7, 11) is 0. The molecular formula is C14H7ClNO3-. The number of benzene rings is 1. The van der Waals surface area contributed by atoms with Gasteiger partial charge >= 0.3 is 0 Å². The first-order valence-electron chi connectivity index (χ1n) is 5.51. The van der Waals surface area contributed by atoms with Crippen molar-refractivity contribution in [1.29, 1.82) is 0 Å². The molecule has 0 N–H and O–H groups in total. The summed E-state index contributed by atoms with van der Waals surface area (Å²) >= 11 is 6.06. The first-order chi connectivity index (χ1) is 9.16. The number of carbonyl (C=O) groups excluding carboxylic acids is 1. The molecule has 0 bridgehead atoms. The van der Waals surface area contributed by atoms with Crippen molar-refractivity contribution in [1.82, 2.24) is 4.98 Å². The number of halogens is 1. The van der Waals surface area contributed by atoms with Gasteiger partial charge < -0.3 is 14.3 Å². The Balaban J connectivity index is 2.38. The smallest absolute Gasteiger partial charge is 0.152 e. The van der Waals surface area contributed by atoms with Crippen molar-refractivity contribution >= 4 is 28.5 Å². The fourth-order valence-electron chi connectivity index (χ4n) is 1.93. The average molecular weight is 273 g/mol. The lowest BCUT2D eigenvalue weighted by Crippen LogP contribution is -2.22. The van der Waals surface area contributed by atoms with E-state index in [0.717, 1.165) is 0 Å². The first kappa shape index (κ1) is 11.7. The normalized spacial score (nSPS) is 10.8. The van der Waals surface area contributed by atoms with Crippen LogP contribution in [0.2, 0.25) is 5.02 Å². The van der Waals surface area contributed by atoms with Gasteiger partial charge in [-0.25, -0.2) is 4.98 Å². The Morgan fingerprint density at radius 3 is 2.79 bits per heavy atom. The summed E-state index contributed by atoms with van der Waals surface area (Å²) in [5.41, 5.74) is 0.862. The molecule has 0 radical (unpaired) electrons. The van der Waals surface area contributed by atoms with Crippen molar-refractivity contribution < 1.29 is 14.3 Å². The zero-order valence-corrected chi connectivity index (χ0v) is 10.3. The van der Waals surface area contributed by atoms with Crippen LogP contribution in [0.25, 0.3) is 22.4 Å². The van der Waals surface area contributed by atoms with Gasteiger partial charge in [-0.15, -0.1) is 0 Å². The van der Waals surface area contributed by atoms with E-state index in [1.807, 2.05) is 0 Å². The fourth-order valence-corrected chi connectivity index (χ4v) is 2.15. The van der Waals surface area contributed by atoms with E-state index in [4.69, 9.17) is 16.0 Å². The molecule has 0 saturated carbocycles. The van der Waals surface area contributed by atoms with Crippen LogP contribution in [0, 0.1) is 0 Å². The lowest BCUT2D eigenvalue weighted by atomic mass is 10.1. The second kappa shape index (κ2) is 4.40. The fraction of sp³-hybridized carbons (Fsp3) is 0. The molecule has 0 amide bonds. The first-order valence-corrected chi connectivity index (χ1v) is 5.89. The Morgan fingerprint density at radius 1 is 1.26 bits per heavy atom. The molecule has 0 saturated heterocycles. The van der Waals surface area contributed by atoms with Gasteiger partial charge in [0.2, 0.25) is 0 Å². The molecule has 0 aliphatic carbocycles. The number of hydrogen-bond acceptors (Lipinski definition) is 4. The monoisotopic (exact) mass is 272 g/mol. The summed E-state index contributed by atoms with van der Waals surface area (Å²) in [5, 5.41) is 12.1. The molecule has 0 aliphatic rings. The van der Waals surface area contributed by atoms with E-state index in [2.05, 4.69) is 4.98 Å². The zero-order chi connectivity index (χ0) is 13.4. The molecule has 3 aromatic rings. The molecule has 0 spiro atoms. The molecule has 19 heavy (non-hydrogen) atoms. The number of furan rings is 1. The van der Waals surface area contributed by atoms with E-state index in [0.29, 0.717) is 27.4 Å². The highest BCUT2D eigenvalue weighted by Crippen LogP contribution is 2.28. The Morgan fingerprint density at radius 2 is 2.11 bits per heavy atom. The minimum atomic E-state index is -1.28. The molecule has 0 unspecified atom stereocenters. The minimum absolute atomic E-state index is 0.0406. The average Bonchev–Trinajstić information content (AvgIpc) is 2.92. The summed E-state index contributed by atoms with van der Waals surface area (Å²) in [5.74, 6) is -0.799. The second-order valence-corrected chi connectivity index (χ2v) is 4.36. The van der Waals surface area contributed by atoms with Gasteiger partial charge in [0.25, 0.3) is 0 Å². The number of hydrogen-bond donors (Lipinski definition) is 0. The number of pyridine rings is 1. The van der Waals surface area contributed by atoms with E-state index in [9.17, 15) is 9.90 Å². The highest BCUT2D eigenvalue weighted by Gasteiger charge is 2.11. The molecule has 0 atom stereocenters. The lowest BCUT2D eigenvalue weighted by Gasteiger charge is -2.10. The molecule has 2 aromatic heterocycles. The molecule has 2 heterocycles. The van der Waals surface area contributed by atoms with Crippen molar-refractivity contribution in [2.24, 2.45) is 0 Å². The number of aromatic carboxylic acids is 1. The second-order valence-electron chi connectivity index (χ2n) is 3.96. The minimum Gasteiger partial charge on any atom is -0.545 e. The number of nitrogens with zero attached hydrogens (tertiary/aromatic N) is 1. The Hall–Kier alpha value is -2.33. The maximum Gasteiger partial charge on any atom is 0.152 e. The van der Waals surface area contributed by atoms with Crippen molar-refractivity contribution in [3.05, 3.63) is 53.2 Å². The number of carboxylic acid groups (broad SMARTS) is 1. The maximum absolute atomic E-state index is 11.2. The number of fused-ring (bicyclic) bond motifs is 1. The van der Waals surface area contributed by atoms with Gasteiger partial charge in [0.15, 0.2) is 5.76 Å². The topological polar surface area (TPSA) is 66.2 Å². The number of carbonyl (C=O) groups is 1. The molecule has 0 aliphatic heterocycles. The van der Waals surface area contributed by atoms with Crippen LogP contribution >= 0.6 is 11.6 Å². The highest BCUT2D eigenvalue weighted by molar-refractivity contribution is 6.35. The van der Waals surface area contributed by atoms with Crippen LogP contribution in [-0.4, -0.2) is 11.0 Å². The van der Waals surface area contributed by atoms with Gasteiger partial charge in [-0.3, -0.25) is 0 Å². The van der Waals surface area contributed by atoms with Crippen molar-refractivity contribution in [2.75, 3.05) is 0 Å². The van der Waals surface area contributed by atoms with Gasteiger partial charge in [0.1, 0.15) is 5.69 Å². The van der Waals surface area contributed by atoms with Crippen LogP contribution in [0.4, 0.5) is 0 Å². The Bertz CT molecular complexity index is 766. The lowest BCUT2D eigenvalue weighted by molar-refractivity contribution is -0.254. The van der Waals surface area contributed by atoms with E-state index in [1.165, 1.54) is 12.3 Å². The number of para-hydroxylation sites is 1. The molecular weight excluding hydrogens is 266 g/mol. The van der Waals surface area contributed by atoms with Crippen molar-refractivity contribution in [3.63, 3.8) is 0 Å². The Kier molecular flexibility index (Phi) is 2.72. The third-order valence-electron chi connectivity index (χ3n) is 2.78. The third kappa shape index (κ3) is 1.96. The summed E-state index contributed by atoms with van der Waals surface area (Å²) < 4.78 is 5.22. The van der Waals surface area contributed by atoms with Crippen LogP contribution in [-0.2, 0) is 0 Å². The predicted molar refractivity (Wildman–Crippen MR) is 68.8 cm³/mol. The number of aromatic nitrogens is 1. The van der Waals surface area contributed by atoms with Crippen molar-refractivity contribution in [3.8, 4) is 11.5 Å². The van der Waals surface area contributed by atoms with E-state index in [-0.39, 0.29) is 5.56 Å². The SMILES string of the molecule is O=C([O-])c1cc(-c2ccco2)nc2c(Cl)cccc12. The van der Waals surface area contributed by atoms with Crippen LogP contribution in [0.15, 0.2) is 47.1 Å². The number of carboxylic acids is 1. The molecule has 94 valence electrons. The highest BCUT2D eigenvalue weighted by atomic mass is 35.5. The molecule has 5 heteroatoms. The maximum atomic E-state index is 11.2. The third-order valence-corrected chi connectivity index (χ3v) is 3.09. The summed E-state index contributed by atoms with van der Waals surface area (Å²) in [6, 6.07) is 9.79. The van der Waals surface area contributed by atoms with Gasteiger partial charge in [0, 0.05) is 10.9 Å². The van der Waals surface area contributed by atoms with Crippen LogP contribution < -0.4 is 5.11 Å². The van der Waals surface area contributed by atoms with Crippen LogP contribution in [0.1, 0.15) is 10.4 Å². The standard InChI is InChI=1S/C14H8ClNO3/c15-10-4-1-3-8-9(14(17)18)7-11(16-13(8)10)12-5-2-6-19-12/h1-7H,(H,17,18)/p-1. The van der Waals surface area contributed by atoms with Gasteiger partial charge in [-0.05, 0) is 24.3 Å². The summed E-state index contributed by atoms with van der Waals surface area (Å²) in [6.07, 6.45) is 1.49. The van der Waals surface area contributed by atoms with E-state index < -0.39 is 5.97 Å². The van der Waals surface area contributed by atoms with Crippen LogP contribution in [0.3, 0.4) is 0 Å². The van der Waals surface area contributed by atoms with Crippen molar-refractivity contribution in [2.45, 2.75) is 0 Å². The van der Waals surface area contributed by atoms with E-state index >= 15 is 0 Å². The predicted octanol–water partition coefficient (Wildman–Crippen LogP) is 2.51. The largest absolute Gasteiger partial charge is 0.545 e. The Labute approximate surface area is 113 Å². The quantitative estimate of drug-likeness (QED) is 0.719. The molecule has 4 nitrogen and oxygen atoms in total. The molecule has 1 aromatic carbocycles. The summed E-state index contributed by atoms with van der Waals surface area (Å²) in [4.78, 5) is 15.6. The zero-order valence-electron chi connectivity index (χ0n) is 9.59. The van der Waals surface area contributed by atoms with Gasteiger partial charge in [-0.2, -0.15) is 0 Å². The van der Waals surface area contributed by atoms with E-state index in [1.54, 1.807) is 30.3 Å². The molecule has 3 rings (SSSR count). The van der Waals surface area contributed by atoms with Gasteiger partial charge in [-0.1, -0.05) is 23.7 Å². The van der Waals surface area contributed by atoms with Crippen LogP contribution in [0.5, 0.6) is 0 Å². The number of rotatable bonds is 2. The van der Waals surface area contributed by atoms with Gasteiger partial charge in [0.05, 0.1) is 22.8 Å². The molecule has 0 fully saturated rings. The summed E-state index contributed by atoms with van der Waals surface area (Å²) in [6.45, 7) is 0.